The molecule has 2 rings (SSSR count). The third-order valence-corrected chi connectivity index (χ3v) is 5.69. The van der Waals surface area contributed by atoms with Gasteiger partial charge in [0.05, 0.1) is 6.04 Å². The predicted molar refractivity (Wildman–Crippen MR) is 142 cm³/mol. The fraction of sp³-hybridized carbons (Fsp3) is 0.444. The minimum absolute atomic E-state index is 0.00373. The molecule has 0 saturated heterocycles. The van der Waals surface area contributed by atoms with E-state index in [0.29, 0.717) is 38.3 Å². The summed E-state index contributed by atoms with van der Waals surface area (Å²) >= 11 is 0. The van der Waals surface area contributed by atoms with Crippen molar-refractivity contribution in [2.75, 3.05) is 13.1 Å². The van der Waals surface area contributed by atoms with E-state index >= 15 is 0 Å². The molecule has 2 amide bonds. The summed E-state index contributed by atoms with van der Waals surface area (Å²) in [7, 11) is 0. The van der Waals surface area contributed by atoms with Gasteiger partial charge in [-0.2, -0.15) is 0 Å². The first kappa shape index (κ1) is 27.9. The van der Waals surface area contributed by atoms with Crippen molar-refractivity contribution in [2.45, 2.75) is 58.0 Å². The van der Waals surface area contributed by atoms with Gasteiger partial charge in [0.25, 0.3) is 0 Å². The van der Waals surface area contributed by atoms with E-state index < -0.39 is 12.1 Å². The van der Waals surface area contributed by atoms with Gasteiger partial charge in [-0.05, 0) is 54.7 Å². The van der Waals surface area contributed by atoms with Crippen LogP contribution in [0.25, 0.3) is 11.1 Å². The molecule has 0 unspecified atom stereocenters. The standard InChI is InChI=1S/C27H40N6O2/c1-19(2)8-6-16-31-26(35)24(11-7-17-32-27(29)30)33-25(34)23(28)18-20-12-14-22(15-13-20)21-9-4-3-5-10-21/h3-5,9-10,12-15,19,23-24H,6-8,11,16-18,28H2,1-2H3,(H,31,35)(H,33,34)(H4,29,30,32)/t23-,24-/m1/s1. The molecule has 0 heterocycles. The number of guanidine groups is 1. The number of aliphatic imine (C=N–C) groups is 1. The van der Waals surface area contributed by atoms with E-state index in [1.165, 1.54) is 0 Å². The van der Waals surface area contributed by atoms with Gasteiger partial charge in [-0.1, -0.05) is 68.4 Å². The van der Waals surface area contributed by atoms with Crippen molar-refractivity contribution in [3.8, 4) is 11.1 Å². The third kappa shape index (κ3) is 10.6. The lowest BCUT2D eigenvalue weighted by molar-refractivity contribution is -0.129. The van der Waals surface area contributed by atoms with Gasteiger partial charge < -0.3 is 27.8 Å². The Hall–Kier alpha value is -3.39. The van der Waals surface area contributed by atoms with Crippen LogP contribution >= 0.6 is 0 Å². The van der Waals surface area contributed by atoms with E-state index in [1.807, 2.05) is 42.5 Å². The Bertz CT molecular complexity index is 940. The Labute approximate surface area is 208 Å². The van der Waals surface area contributed by atoms with Crippen LogP contribution in [0.5, 0.6) is 0 Å². The van der Waals surface area contributed by atoms with Crippen molar-refractivity contribution < 1.29 is 9.59 Å². The van der Waals surface area contributed by atoms with Crippen molar-refractivity contribution in [3.05, 3.63) is 60.2 Å². The average Bonchev–Trinajstić information content (AvgIpc) is 2.84. The molecule has 0 aromatic heterocycles. The molecule has 8 N–H and O–H groups in total. The van der Waals surface area contributed by atoms with Crippen LogP contribution < -0.4 is 27.8 Å². The zero-order valence-corrected chi connectivity index (χ0v) is 20.9. The first-order chi connectivity index (χ1) is 16.8. The summed E-state index contributed by atoms with van der Waals surface area (Å²) in [5, 5.41) is 5.75. The molecule has 0 saturated carbocycles. The topological polar surface area (TPSA) is 149 Å². The molecule has 0 aliphatic carbocycles. The van der Waals surface area contributed by atoms with Gasteiger partial charge >= 0.3 is 0 Å². The molecule has 2 aromatic carbocycles. The summed E-state index contributed by atoms with van der Waals surface area (Å²) < 4.78 is 0. The molecule has 190 valence electrons. The summed E-state index contributed by atoms with van der Waals surface area (Å²) in [6.07, 6.45) is 3.25. The predicted octanol–water partition coefficient (Wildman–Crippen LogP) is 2.31. The van der Waals surface area contributed by atoms with Gasteiger partial charge in [0.2, 0.25) is 11.8 Å². The molecule has 0 spiro atoms. The van der Waals surface area contributed by atoms with Gasteiger partial charge in [0.15, 0.2) is 5.96 Å². The van der Waals surface area contributed by atoms with Gasteiger partial charge in [-0.25, -0.2) is 0 Å². The fourth-order valence-electron chi connectivity index (χ4n) is 3.71. The Morgan fingerprint density at radius 2 is 1.54 bits per heavy atom. The average molecular weight is 481 g/mol. The van der Waals surface area contributed by atoms with Gasteiger partial charge in [-0.3, -0.25) is 14.6 Å². The SMILES string of the molecule is CC(C)CCCNC(=O)[C@@H](CCCN=C(N)N)NC(=O)[C@H](N)Cc1ccc(-c2ccccc2)cc1. The van der Waals surface area contributed by atoms with Crippen LogP contribution in [0, 0.1) is 5.92 Å². The highest BCUT2D eigenvalue weighted by molar-refractivity contribution is 5.89. The van der Waals surface area contributed by atoms with Crippen molar-refractivity contribution in [1.82, 2.24) is 10.6 Å². The van der Waals surface area contributed by atoms with Crippen LogP contribution in [0.3, 0.4) is 0 Å². The maximum Gasteiger partial charge on any atom is 0.242 e. The smallest absolute Gasteiger partial charge is 0.242 e. The normalized spacial score (nSPS) is 12.6. The van der Waals surface area contributed by atoms with Crippen LogP contribution in [-0.2, 0) is 16.0 Å². The van der Waals surface area contributed by atoms with E-state index in [9.17, 15) is 9.59 Å². The van der Waals surface area contributed by atoms with Crippen LogP contribution in [0.15, 0.2) is 59.6 Å². The minimum atomic E-state index is -0.772. The number of carbonyl (C=O) groups excluding carboxylic acids is 2. The van der Waals surface area contributed by atoms with Crippen molar-refractivity contribution in [3.63, 3.8) is 0 Å². The highest BCUT2D eigenvalue weighted by atomic mass is 16.2. The molecule has 2 atom stereocenters. The van der Waals surface area contributed by atoms with Crippen molar-refractivity contribution in [1.29, 1.82) is 0 Å². The Morgan fingerprint density at radius 1 is 0.886 bits per heavy atom. The monoisotopic (exact) mass is 480 g/mol. The van der Waals surface area contributed by atoms with Crippen LogP contribution in [0.4, 0.5) is 0 Å². The Morgan fingerprint density at radius 3 is 2.17 bits per heavy atom. The highest BCUT2D eigenvalue weighted by Crippen LogP contribution is 2.19. The molecule has 0 radical (unpaired) electrons. The molecule has 35 heavy (non-hydrogen) atoms. The number of amides is 2. The van der Waals surface area contributed by atoms with E-state index in [2.05, 4.69) is 41.6 Å². The molecular formula is C27H40N6O2. The van der Waals surface area contributed by atoms with Crippen molar-refractivity contribution >= 4 is 17.8 Å². The quantitative estimate of drug-likeness (QED) is 0.160. The minimum Gasteiger partial charge on any atom is -0.370 e. The first-order valence-corrected chi connectivity index (χ1v) is 12.3. The first-order valence-electron chi connectivity index (χ1n) is 12.3. The summed E-state index contributed by atoms with van der Waals surface area (Å²) in [5.41, 5.74) is 20.1. The highest BCUT2D eigenvalue weighted by Gasteiger charge is 2.23. The van der Waals surface area contributed by atoms with Crippen LogP contribution in [0.1, 0.15) is 45.1 Å². The molecule has 0 bridgehead atoms. The van der Waals surface area contributed by atoms with E-state index in [0.717, 1.165) is 29.5 Å². The maximum absolute atomic E-state index is 12.8. The lowest BCUT2D eigenvalue weighted by atomic mass is 10.0. The van der Waals surface area contributed by atoms with Crippen LogP contribution in [0.2, 0.25) is 0 Å². The molecule has 8 nitrogen and oxygen atoms in total. The lowest BCUT2D eigenvalue weighted by Gasteiger charge is -2.21. The number of benzene rings is 2. The largest absolute Gasteiger partial charge is 0.370 e. The summed E-state index contributed by atoms with van der Waals surface area (Å²) in [5.74, 6) is -0.00158. The molecule has 2 aromatic rings. The number of carbonyl (C=O) groups is 2. The third-order valence-electron chi connectivity index (χ3n) is 5.69. The summed E-state index contributed by atoms with van der Waals surface area (Å²) in [6, 6.07) is 16.6. The van der Waals surface area contributed by atoms with Crippen LogP contribution in [-0.4, -0.2) is 42.9 Å². The fourth-order valence-corrected chi connectivity index (χ4v) is 3.71. The zero-order valence-electron chi connectivity index (χ0n) is 20.9. The number of rotatable bonds is 14. The number of nitrogens with one attached hydrogen (secondary N) is 2. The maximum atomic E-state index is 12.8. The second kappa shape index (κ2) is 14.8. The van der Waals surface area contributed by atoms with Gasteiger partial charge in [-0.15, -0.1) is 0 Å². The number of hydrogen-bond acceptors (Lipinski definition) is 4. The van der Waals surface area contributed by atoms with Gasteiger partial charge in [0, 0.05) is 13.1 Å². The molecule has 8 heteroatoms. The van der Waals surface area contributed by atoms with E-state index in [-0.39, 0.29) is 17.8 Å². The molecular weight excluding hydrogens is 440 g/mol. The number of nitrogens with zero attached hydrogens (tertiary/aromatic N) is 1. The number of hydrogen-bond donors (Lipinski definition) is 5. The molecule has 0 fully saturated rings. The van der Waals surface area contributed by atoms with Gasteiger partial charge in [0.1, 0.15) is 6.04 Å². The Balaban J connectivity index is 1.94. The summed E-state index contributed by atoms with van der Waals surface area (Å²) in [4.78, 5) is 29.5. The second-order valence-electron chi connectivity index (χ2n) is 9.21. The van der Waals surface area contributed by atoms with E-state index in [1.54, 1.807) is 0 Å². The second-order valence-corrected chi connectivity index (χ2v) is 9.21. The van der Waals surface area contributed by atoms with Crippen molar-refractivity contribution in [2.24, 2.45) is 28.1 Å². The lowest BCUT2D eigenvalue weighted by Crippen LogP contribution is -2.52. The molecule has 0 aliphatic heterocycles. The van der Waals surface area contributed by atoms with E-state index in [4.69, 9.17) is 17.2 Å². The summed E-state index contributed by atoms with van der Waals surface area (Å²) in [6.45, 7) is 5.24. The Kier molecular flexibility index (Phi) is 11.8. The zero-order chi connectivity index (χ0) is 25.6. The molecule has 0 aliphatic rings. The number of nitrogens with two attached hydrogens (primary N) is 3.